The molecule has 2 aromatic rings. The fraction of sp³-hybridized carbons (Fsp3) is 0.333. The number of hydrogen-bond acceptors (Lipinski definition) is 4. The van der Waals surface area contributed by atoms with Gasteiger partial charge in [-0.3, -0.25) is 9.59 Å². The predicted molar refractivity (Wildman–Crippen MR) is 111 cm³/mol. The number of nitrogens with one attached hydrogen (secondary N) is 2. The number of methoxy groups -OCH3 is 1. The molecule has 0 saturated heterocycles. The summed E-state index contributed by atoms with van der Waals surface area (Å²) in [6.45, 7) is 1.47. The van der Waals surface area contributed by atoms with Crippen LogP contribution in [-0.2, 0) is 22.4 Å². The van der Waals surface area contributed by atoms with E-state index in [1.165, 1.54) is 24.4 Å². The third-order valence-corrected chi connectivity index (χ3v) is 5.11. The van der Waals surface area contributed by atoms with Gasteiger partial charge >= 0.3 is 11.8 Å². The molecule has 0 aromatic heterocycles. The first kappa shape index (κ1) is 20.0. The smallest absolute Gasteiger partial charge is 0.313 e. The second kappa shape index (κ2) is 8.97. The molecule has 0 atom stereocenters. The second-order valence-corrected chi connectivity index (χ2v) is 7.20. The Morgan fingerprint density at radius 1 is 1.18 bits per heavy atom. The van der Waals surface area contributed by atoms with Crippen molar-refractivity contribution < 1.29 is 14.3 Å². The van der Waals surface area contributed by atoms with E-state index < -0.39 is 11.8 Å². The first-order valence-corrected chi connectivity index (χ1v) is 9.61. The van der Waals surface area contributed by atoms with E-state index in [1.807, 2.05) is 0 Å². The van der Waals surface area contributed by atoms with Crippen molar-refractivity contribution in [3.05, 3.63) is 52.5 Å². The lowest BCUT2D eigenvalue weighted by Crippen LogP contribution is -2.36. The van der Waals surface area contributed by atoms with Crippen molar-refractivity contribution >= 4 is 34.8 Å². The van der Waals surface area contributed by atoms with Gasteiger partial charge in [0.1, 0.15) is 5.75 Å². The first-order chi connectivity index (χ1) is 13.5. The maximum absolute atomic E-state index is 12.0. The molecule has 0 fully saturated rings. The lowest BCUT2D eigenvalue weighted by Gasteiger charge is -2.27. The first-order valence-electron chi connectivity index (χ1n) is 9.23. The molecule has 0 spiro atoms. The Balaban J connectivity index is 1.50. The quantitative estimate of drug-likeness (QED) is 0.755. The Kier molecular flexibility index (Phi) is 6.41. The van der Waals surface area contributed by atoms with Crippen LogP contribution < -0.4 is 20.3 Å². The van der Waals surface area contributed by atoms with Gasteiger partial charge in [0, 0.05) is 31.5 Å². The number of carbonyl (C=O) groups is 2. The molecule has 3 rings (SSSR count). The molecular formula is C21H24ClN3O3. The second-order valence-electron chi connectivity index (χ2n) is 6.80. The molecule has 7 heteroatoms. The van der Waals surface area contributed by atoms with E-state index in [1.54, 1.807) is 12.1 Å². The number of ether oxygens (including phenoxy) is 1. The summed E-state index contributed by atoms with van der Waals surface area (Å²) in [6, 6.07) is 11.2. The van der Waals surface area contributed by atoms with Crippen LogP contribution in [-0.4, -0.2) is 39.1 Å². The summed E-state index contributed by atoms with van der Waals surface area (Å²) in [7, 11) is 3.61. The van der Waals surface area contributed by atoms with Gasteiger partial charge in [-0.05, 0) is 54.7 Å². The number of rotatable bonds is 5. The Bertz CT molecular complexity index is 885. The van der Waals surface area contributed by atoms with E-state index in [0.717, 1.165) is 24.9 Å². The highest BCUT2D eigenvalue weighted by atomic mass is 35.5. The van der Waals surface area contributed by atoms with Crippen molar-refractivity contribution in [1.29, 1.82) is 0 Å². The lowest BCUT2D eigenvalue weighted by atomic mass is 9.98. The summed E-state index contributed by atoms with van der Waals surface area (Å²) in [5.41, 5.74) is 4.20. The summed E-state index contributed by atoms with van der Waals surface area (Å²) in [5, 5.41) is 5.55. The van der Waals surface area contributed by atoms with Crippen LogP contribution in [0.4, 0.5) is 11.4 Å². The van der Waals surface area contributed by atoms with Gasteiger partial charge in [0.05, 0.1) is 12.1 Å². The van der Waals surface area contributed by atoms with Crippen molar-refractivity contribution in [1.82, 2.24) is 5.32 Å². The minimum Gasteiger partial charge on any atom is -0.495 e. The highest BCUT2D eigenvalue weighted by molar-refractivity contribution is 6.40. The zero-order chi connectivity index (χ0) is 20.1. The van der Waals surface area contributed by atoms with E-state index in [2.05, 4.69) is 40.8 Å². The summed E-state index contributed by atoms with van der Waals surface area (Å²) in [6.07, 6.45) is 2.90. The van der Waals surface area contributed by atoms with Crippen molar-refractivity contribution in [2.45, 2.75) is 19.3 Å². The molecule has 0 bridgehead atoms. The monoisotopic (exact) mass is 401 g/mol. The highest BCUT2D eigenvalue weighted by Gasteiger charge is 2.15. The minimum absolute atomic E-state index is 0.360. The van der Waals surface area contributed by atoms with Crippen LogP contribution in [0, 0.1) is 0 Å². The molecule has 0 unspecified atom stereocenters. The van der Waals surface area contributed by atoms with Crippen molar-refractivity contribution in [2.24, 2.45) is 0 Å². The van der Waals surface area contributed by atoms with E-state index >= 15 is 0 Å². The number of carbonyl (C=O) groups excluding carboxylic acids is 2. The van der Waals surface area contributed by atoms with E-state index in [4.69, 9.17) is 16.3 Å². The molecule has 148 valence electrons. The van der Waals surface area contributed by atoms with Crippen molar-refractivity contribution in [3.8, 4) is 5.75 Å². The Hall–Kier alpha value is -2.73. The van der Waals surface area contributed by atoms with Gasteiger partial charge in [-0.15, -0.1) is 0 Å². The zero-order valence-corrected chi connectivity index (χ0v) is 16.8. The van der Waals surface area contributed by atoms with Crippen LogP contribution in [0.5, 0.6) is 5.75 Å². The Labute approximate surface area is 169 Å². The van der Waals surface area contributed by atoms with Crippen LogP contribution in [0.2, 0.25) is 5.02 Å². The predicted octanol–water partition coefficient (Wildman–Crippen LogP) is 3.03. The fourth-order valence-corrected chi connectivity index (χ4v) is 3.58. The fourth-order valence-electron chi connectivity index (χ4n) is 3.33. The average molecular weight is 402 g/mol. The van der Waals surface area contributed by atoms with Crippen LogP contribution in [0.15, 0.2) is 36.4 Å². The summed E-state index contributed by atoms with van der Waals surface area (Å²) in [5.74, 6) is -0.904. The topological polar surface area (TPSA) is 70.7 Å². The molecule has 1 aliphatic rings. The molecule has 2 amide bonds. The number of benzene rings is 2. The molecule has 2 N–H and O–H groups in total. The normalized spacial score (nSPS) is 12.9. The third kappa shape index (κ3) is 4.75. The number of anilines is 2. The SMILES string of the molecule is COc1ccc(NC(=O)C(=O)NCCc2ccc3c(c2)CCCN3C)cc1Cl. The lowest BCUT2D eigenvalue weighted by molar-refractivity contribution is -0.136. The van der Waals surface area contributed by atoms with Crippen molar-refractivity contribution in [3.63, 3.8) is 0 Å². The Morgan fingerprint density at radius 2 is 2.00 bits per heavy atom. The van der Waals surface area contributed by atoms with Crippen LogP contribution in [0.25, 0.3) is 0 Å². The molecule has 2 aromatic carbocycles. The number of halogens is 1. The van der Waals surface area contributed by atoms with Crippen LogP contribution in [0.1, 0.15) is 17.5 Å². The van der Waals surface area contributed by atoms with E-state index in [0.29, 0.717) is 29.4 Å². The highest BCUT2D eigenvalue weighted by Crippen LogP contribution is 2.28. The number of aryl methyl sites for hydroxylation is 1. The maximum atomic E-state index is 12.0. The van der Waals surface area contributed by atoms with Crippen LogP contribution >= 0.6 is 11.6 Å². The number of amides is 2. The summed E-state index contributed by atoms with van der Waals surface area (Å²) in [4.78, 5) is 26.3. The van der Waals surface area contributed by atoms with Crippen LogP contribution in [0.3, 0.4) is 0 Å². The molecular weight excluding hydrogens is 378 g/mol. The molecule has 1 heterocycles. The number of hydrogen-bond donors (Lipinski definition) is 2. The summed E-state index contributed by atoms with van der Waals surface area (Å²) < 4.78 is 5.06. The standard InChI is InChI=1S/C21H24ClN3O3/c1-25-11-3-4-15-12-14(5-7-18(15)25)9-10-23-20(26)21(27)24-16-6-8-19(28-2)17(22)13-16/h5-8,12-13H,3-4,9-11H2,1-2H3,(H,23,26)(H,24,27). The average Bonchev–Trinajstić information content (AvgIpc) is 2.68. The summed E-state index contributed by atoms with van der Waals surface area (Å²) >= 11 is 6.02. The largest absolute Gasteiger partial charge is 0.495 e. The van der Waals surface area contributed by atoms with E-state index in [9.17, 15) is 9.59 Å². The zero-order valence-electron chi connectivity index (χ0n) is 16.0. The molecule has 0 aliphatic carbocycles. The molecule has 6 nitrogen and oxygen atoms in total. The minimum atomic E-state index is -0.728. The maximum Gasteiger partial charge on any atom is 0.313 e. The van der Waals surface area contributed by atoms with Gasteiger partial charge in [0.25, 0.3) is 0 Å². The molecule has 0 saturated carbocycles. The van der Waals surface area contributed by atoms with Gasteiger partial charge < -0.3 is 20.3 Å². The van der Waals surface area contributed by atoms with E-state index in [-0.39, 0.29) is 0 Å². The van der Waals surface area contributed by atoms with Gasteiger partial charge in [0.15, 0.2) is 0 Å². The van der Waals surface area contributed by atoms with Gasteiger partial charge in [0.2, 0.25) is 0 Å². The van der Waals surface area contributed by atoms with Crippen molar-refractivity contribution in [2.75, 3.05) is 37.5 Å². The molecule has 28 heavy (non-hydrogen) atoms. The third-order valence-electron chi connectivity index (χ3n) is 4.81. The molecule has 1 aliphatic heterocycles. The molecule has 0 radical (unpaired) electrons. The van der Waals surface area contributed by atoms with Gasteiger partial charge in [-0.2, -0.15) is 0 Å². The number of fused-ring (bicyclic) bond motifs is 1. The van der Waals surface area contributed by atoms with Gasteiger partial charge in [-0.25, -0.2) is 0 Å². The Morgan fingerprint density at radius 3 is 2.75 bits per heavy atom. The number of nitrogens with zero attached hydrogens (tertiary/aromatic N) is 1. The van der Waals surface area contributed by atoms with Gasteiger partial charge in [-0.1, -0.05) is 23.7 Å².